The Morgan fingerprint density at radius 3 is 1.75 bits per heavy atom. The van der Waals surface area contributed by atoms with Crippen molar-refractivity contribution in [3.63, 3.8) is 0 Å². The molecule has 1 saturated heterocycles. The van der Waals surface area contributed by atoms with E-state index in [1.807, 2.05) is 6.92 Å². The average Bonchev–Trinajstić information content (AvgIpc) is 2.27. The number of Topliss-reactive ketones (excluding diaryl/α,β-unsaturated/α-hetero) is 1. The molecular formula is C11H18N2O3. The quantitative estimate of drug-likeness (QED) is 0.639. The zero-order chi connectivity index (χ0) is 12.1. The summed E-state index contributed by atoms with van der Waals surface area (Å²) < 4.78 is 0. The van der Waals surface area contributed by atoms with E-state index in [9.17, 15) is 14.4 Å². The van der Waals surface area contributed by atoms with Gasteiger partial charge in [-0.15, -0.1) is 0 Å². The SMILES string of the molecule is CCC(=O)N1CCN(C(=O)CC(C)=O)CC1. The number of nitrogens with zero attached hydrogens (tertiary/aromatic N) is 2. The van der Waals surface area contributed by atoms with Crippen LogP contribution in [-0.2, 0) is 14.4 Å². The van der Waals surface area contributed by atoms with E-state index in [1.165, 1.54) is 6.92 Å². The average molecular weight is 226 g/mol. The summed E-state index contributed by atoms with van der Waals surface area (Å²) in [5.74, 6) is -0.119. The molecule has 0 unspecified atom stereocenters. The Bertz CT molecular complexity index is 294. The van der Waals surface area contributed by atoms with E-state index in [2.05, 4.69) is 0 Å². The minimum Gasteiger partial charge on any atom is -0.339 e. The molecule has 0 aliphatic carbocycles. The summed E-state index contributed by atoms with van der Waals surface area (Å²) >= 11 is 0. The summed E-state index contributed by atoms with van der Waals surface area (Å²) in [6, 6.07) is 0. The molecule has 1 fully saturated rings. The first kappa shape index (κ1) is 12.7. The fourth-order valence-electron chi connectivity index (χ4n) is 1.75. The van der Waals surface area contributed by atoms with Gasteiger partial charge in [0.25, 0.3) is 0 Å². The molecule has 1 rings (SSSR count). The smallest absolute Gasteiger partial charge is 0.230 e. The van der Waals surface area contributed by atoms with Crippen molar-refractivity contribution < 1.29 is 14.4 Å². The van der Waals surface area contributed by atoms with E-state index in [0.29, 0.717) is 32.6 Å². The molecule has 2 amide bonds. The Labute approximate surface area is 95.4 Å². The molecule has 0 atom stereocenters. The van der Waals surface area contributed by atoms with E-state index >= 15 is 0 Å². The molecule has 0 spiro atoms. The second-order valence-corrected chi connectivity index (χ2v) is 3.99. The second-order valence-electron chi connectivity index (χ2n) is 3.99. The summed E-state index contributed by atoms with van der Waals surface area (Å²) in [5, 5.41) is 0. The highest BCUT2D eigenvalue weighted by Crippen LogP contribution is 2.05. The first-order valence-corrected chi connectivity index (χ1v) is 5.59. The van der Waals surface area contributed by atoms with Crippen LogP contribution in [0.4, 0.5) is 0 Å². The largest absolute Gasteiger partial charge is 0.339 e. The Morgan fingerprint density at radius 1 is 0.938 bits per heavy atom. The van der Waals surface area contributed by atoms with Gasteiger partial charge < -0.3 is 9.80 Å². The van der Waals surface area contributed by atoms with E-state index < -0.39 is 0 Å². The fourth-order valence-corrected chi connectivity index (χ4v) is 1.75. The number of hydrogen-bond acceptors (Lipinski definition) is 3. The van der Waals surface area contributed by atoms with Crippen molar-refractivity contribution in [3.8, 4) is 0 Å². The molecule has 90 valence electrons. The Morgan fingerprint density at radius 2 is 1.38 bits per heavy atom. The lowest BCUT2D eigenvalue weighted by Crippen LogP contribution is -2.50. The van der Waals surface area contributed by atoms with Gasteiger partial charge in [-0.25, -0.2) is 0 Å². The molecule has 0 aromatic rings. The predicted octanol–water partition coefficient (Wildman–Crippen LogP) is 0.0463. The van der Waals surface area contributed by atoms with Crippen molar-refractivity contribution in [2.75, 3.05) is 26.2 Å². The zero-order valence-corrected chi connectivity index (χ0v) is 9.86. The Kier molecular flexibility index (Phi) is 4.46. The van der Waals surface area contributed by atoms with Gasteiger partial charge in [-0.3, -0.25) is 14.4 Å². The van der Waals surface area contributed by atoms with Gasteiger partial charge in [0.05, 0.1) is 6.42 Å². The molecule has 1 aliphatic heterocycles. The number of rotatable bonds is 3. The maximum Gasteiger partial charge on any atom is 0.230 e. The van der Waals surface area contributed by atoms with Crippen LogP contribution in [0.5, 0.6) is 0 Å². The molecule has 5 heteroatoms. The number of hydrogen-bond donors (Lipinski definition) is 0. The normalized spacial score (nSPS) is 16.1. The lowest BCUT2D eigenvalue weighted by molar-refractivity contribution is -0.141. The fraction of sp³-hybridized carbons (Fsp3) is 0.727. The molecule has 0 aromatic carbocycles. The van der Waals surface area contributed by atoms with Crippen LogP contribution in [0.3, 0.4) is 0 Å². The third-order valence-corrected chi connectivity index (χ3v) is 2.69. The molecule has 0 bridgehead atoms. The first-order chi connectivity index (χ1) is 7.54. The molecular weight excluding hydrogens is 208 g/mol. The topological polar surface area (TPSA) is 57.7 Å². The summed E-state index contributed by atoms with van der Waals surface area (Å²) in [5.41, 5.74) is 0. The Hall–Kier alpha value is -1.39. The highest BCUT2D eigenvalue weighted by Gasteiger charge is 2.23. The maximum atomic E-state index is 11.6. The van der Waals surface area contributed by atoms with Gasteiger partial charge >= 0.3 is 0 Å². The minimum absolute atomic E-state index is 0.0261. The van der Waals surface area contributed by atoms with Gasteiger partial charge in [-0.2, -0.15) is 0 Å². The van der Waals surface area contributed by atoms with E-state index in [-0.39, 0.29) is 24.0 Å². The molecule has 0 N–H and O–H groups in total. The molecule has 5 nitrogen and oxygen atoms in total. The van der Waals surface area contributed by atoms with Crippen LogP contribution in [-0.4, -0.2) is 53.6 Å². The molecule has 1 heterocycles. The number of piperazine rings is 1. The lowest BCUT2D eigenvalue weighted by atomic mass is 10.2. The van der Waals surface area contributed by atoms with Crippen molar-refractivity contribution in [1.29, 1.82) is 0 Å². The standard InChI is InChI=1S/C11H18N2O3/c1-3-10(15)12-4-6-13(7-5-12)11(16)8-9(2)14/h3-8H2,1-2H3. The van der Waals surface area contributed by atoms with Crippen LogP contribution in [0.15, 0.2) is 0 Å². The minimum atomic E-state index is -0.129. The number of carbonyl (C=O) groups is 3. The van der Waals surface area contributed by atoms with Gasteiger partial charge in [0, 0.05) is 32.6 Å². The van der Waals surface area contributed by atoms with Crippen LogP contribution in [0, 0.1) is 0 Å². The number of amides is 2. The van der Waals surface area contributed by atoms with Gasteiger partial charge in [0.2, 0.25) is 11.8 Å². The van der Waals surface area contributed by atoms with Crippen LogP contribution >= 0.6 is 0 Å². The summed E-state index contributed by atoms with van der Waals surface area (Å²) in [4.78, 5) is 37.2. The van der Waals surface area contributed by atoms with Gasteiger partial charge in [0.1, 0.15) is 5.78 Å². The van der Waals surface area contributed by atoms with Crippen LogP contribution < -0.4 is 0 Å². The molecule has 0 saturated carbocycles. The van der Waals surface area contributed by atoms with Crippen molar-refractivity contribution >= 4 is 17.6 Å². The van der Waals surface area contributed by atoms with Crippen molar-refractivity contribution in [3.05, 3.63) is 0 Å². The van der Waals surface area contributed by atoms with Gasteiger partial charge in [-0.05, 0) is 6.92 Å². The monoisotopic (exact) mass is 226 g/mol. The van der Waals surface area contributed by atoms with Gasteiger partial charge in [-0.1, -0.05) is 6.92 Å². The van der Waals surface area contributed by atoms with Crippen molar-refractivity contribution in [2.24, 2.45) is 0 Å². The van der Waals surface area contributed by atoms with E-state index in [0.717, 1.165) is 0 Å². The molecule has 16 heavy (non-hydrogen) atoms. The van der Waals surface area contributed by atoms with E-state index in [4.69, 9.17) is 0 Å². The van der Waals surface area contributed by atoms with Crippen molar-refractivity contribution in [2.45, 2.75) is 26.7 Å². The summed E-state index contributed by atoms with van der Waals surface area (Å²) in [6.07, 6.45) is 0.475. The highest BCUT2D eigenvalue weighted by atomic mass is 16.2. The third kappa shape index (κ3) is 3.32. The third-order valence-electron chi connectivity index (χ3n) is 2.69. The Balaban J connectivity index is 2.40. The summed E-state index contributed by atoms with van der Waals surface area (Å²) in [6.45, 7) is 5.48. The van der Waals surface area contributed by atoms with Crippen molar-refractivity contribution in [1.82, 2.24) is 9.80 Å². The first-order valence-electron chi connectivity index (χ1n) is 5.59. The van der Waals surface area contributed by atoms with Crippen LogP contribution in [0.25, 0.3) is 0 Å². The lowest BCUT2D eigenvalue weighted by Gasteiger charge is -2.34. The van der Waals surface area contributed by atoms with Crippen LogP contribution in [0.2, 0.25) is 0 Å². The second kappa shape index (κ2) is 5.63. The highest BCUT2D eigenvalue weighted by molar-refractivity contribution is 5.96. The summed E-state index contributed by atoms with van der Waals surface area (Å²) in [7, 11) is 0. The van der Waals surface area contributed by atoms with Gasteiger partial charge in [0.15, 0.2) is 0 Å². The molecule has 0 radical (unpaired) electrons. The number of carbonyl (C=O) groups excluding carboxylic acids is 3. The number of ketones is 1. The van der Waals surface area contributed by atoms with E-state index in [1.54, 1.807) is 9.80 Å². The molecule has 0 aromatic heterocycles. The predicted molar refractivity (Wildman–Crippen MR) is 58.7 cm³/mol. The maximum absolute atomic E-state index is 11.6. The molecule has 1 aliphatic rings. The van der Waals surface area contributed by atoms with Crippen LogP contribution in [0.1, 0.15) is 26.7 Å². The zero-order valence-electron chi connectivity index (χ0n) is 9.86.